The molecule has 0 saturated carbocycles. The van der Waals surface area contributed by atoms with E-state index in [-0.39, 0.29) is 6.04 Å². The maximum Gasteiger partial charge on any atom is 0.0421 e. The van der Waals surface area contributed by atoms with Gasteiger partial charge in [-0.15, -0.1) is 0 Å². The molecule has 1 aromatic rings. The fourth-order valence-electron chi connectivity index (χ4n) is 1.33. The van der Waals surface area contributed by atoms with Crippen molar-refractivity contribution >= 4 is 0 Å². The average Bonchev–Trinajstić information content (AvgIpc) is 2.17. The fourth-order valence-corrected chi connectivity index (χ4v) is 1.33. The van der Waals surface area contributed by atoms with Gasteiger partial charge in [0.2, 0.25) is 0 Å². The van der Waals surface area contributed by atoms with E-state index in [1.54, 1.807) is 0 Å². The summed E-state index contributed by atoms with van der Waals surface area (Å²) in [5.41, 5.74) is 10.8. The van der Waals surface area contributed by atoms with Crippen molar-refractivity contribution in [2.24, 2.45) is 5.73 Å². The number of hydrogen-bond acceptors (Lipinski definition) is 1. The number of rotatable bonds is 1. The zero-order chi connectivity index (χ0) is 8.59. The minimum absolute atomic E-state index is 0.113. The third-order valence-electron chi connectivity index (χ3n) is 2.31. The van der Waals surface area contributed by atoms with Gasteiger partial charge in [0.05, 0.1) is 0 Å². The van der Waals surface area contributed by atoms with E-state index < -0.39 is 0 Å². The zero-order valence-corrected chi connectivity index (χ0v) is 7.65. The van der Waals surface area contributed by atoms with Gasteiger partial charge in [0.25, 0.3) is 0 Å². The predicted molar refractivity (Wildman–Crippen MR) is 47.6 cm³/mol. The van der Waals surface area contributed by atoms with E-state index in [4.69, 9.17) is 5.73 Å². The SMILES string of the molecule is Cc1[nH]c(C(C)N)c(C)c1C. The van der Waals surface area contributed by atoms with Crippen molar-refractivity contribution in [3.63, 3.8) is 0 Å². The van der Waals surface area contributed by atoms with Crippen molar-refractivity contribution in [1.82, 2.24) is 4.98 Å². The summed E-state index contributed by atoms with van der Waals surface area (Å²) >= 11 is 0. The van der Waals surface area contributed by atoms with Crippen molar-refractivity contribution < 1.29 is 0 Å². The Hall–Kier alpha value is -0.760. The Morgan fingerprint density at radius 3 is 1.91 bits per heavy atom. The maximum atomic E-state index is 5.77. The van der Waals surface area contributed by atoms with Crippen LogP contribution in [0, 0.1) is 20.8 Å². The summed E-state index contributed by atoms with van der Waals surface area (Å²) in [6.45, 7) is 8.30. The van der Waals surface area contributed by atoms with Crippen LogP contribution in [0.1, 0.15) is 35.5 Å². The molecule has 1 unspecified atom stereocenters. The third-order valence-corrected chi connectivity index (χ3v) is 2.31. The van der Waals surface area contributed by atoms with E-state index in [2.05, 4.69) is 25.8 Å². The summed E-state index contributed by atoms with van der Waals surface area (Å²) in [6.07, 6.45) is 0. The molecule has 0 amide bonds. The summed E-state index contributed by atoms with van der Waals surface area (Å²) in [7, 11) is 0. The highest BCUT2D eigenvalue weighted by Gasteiger charge is 2.09. The van der Waals surface area contributed by atoms with Crippen LogP contribution in [0.4, 0.5) is 0 Å². The van der Waals surface area contributed by atoms with Gasteiger partial charge >= 0.3 is 0 Å². The second-order valence-electron chi connectivity index (χ2n) is 3.20. The molecule has 11 heavy (non-hydrogen) atoms. The molecule has 0 bridgehead atoms. The lowest BCUT2D eigenvalue weighted by molar-refractivity contribution is 0.779. The standard InChI is InChI=1S/C9H16N2/c1-5-6(2)9(7(3)10)11-8(5)4/h7,11H,10H2,1-4H3. The monoisotopic (exact) mass is 152 g/mol. The Balaban J connectivity index is 3.19. The van der Waals surface area contributed by atoms with Crippen LogP contribution < -0.4 is 5.73 Å². The number of H-pyrrole nitrogens is 1. The van der Waals surface area contributed by atoms with E-state index in [0.717, 1.165) is 0 Å². The highest BCUT2D eigenvalue weighted by molar-refractivity contribution is 5.35. The Morgan fingerprint density at radius 2 is 1.73 bits per heavy atom. The van der Waals surface area contributed by atoms with Crippen molar-refractivity contribution in [2.75, 3.05) is 0 Å². The molecule has 1 rings (SSSR count). The van der Waals surface area contributed by atoms with Crippen LogP contribution in [0.15, 0.2) is 0 Å². The normalized spacial score (nSPS) is 13.5. The van der Waals surface area contributed by atoms with Gasteiger partial charge in [-0.2, -0.15) is 0 Å². The smallest absolute Gasteiger partial charge is 0.0421 e. The van der Waals surface area contributed by atoms with Crippen LogP contribution in [0.5, 0.6) is 0 Å². The summed E-state index contributed by atoms with van der Waals surface area (Å²) in [6, 6.07) is 0.113. The fraction of sp³-hybridized carbons (Fsp3) is 0.556. The molecule has 0 saturated heterocycles. The molecule has 1 aromatic heterocycles. The largest absolute Gasteiger partial charge is 0.361 e. The van der Waals surface area contributed by atoms with Crippen LogP contribution in [0.3, 0.4) is 0 Å². The van der Waals surface area contributed by atoms with Gasteiger partial charge in [-0.1, -0.05) is 0 Å². The predicted octanol–water partition coefficient (Wildman–Crippen LogP) is 1.96. The van der Waals surface area contributed by atoms with Gasteiger partial charge in [0, 0.05) is 17.4 Å². The second-order valence-corrected chi connectivity index (χ2v) is 3.20. The van der Waals surface area contributed by atoms with Crippen molar-refractivity contribution in [1.29, 1.82) is 0 Å². The van der Waals surface area contributed by atoms with Crippen molar-refractivity contribution in [2.45, 2.75) is 33.7 Å². The molecule has 0 aromatic carbocycles. The molecular formula is C9H16N2. The zero-order valence-electron chi connectivity index (χ0n) is 7.65. The lowest BCUT2D eigenvalue weighted by atomic mass is 10.1. The molecule has 2 heteroatoms. The number of nitrogens with one attached hydrogen (secondary N) is 1. The van der Waals surface area contributed by atoms with E-state index in [1.165, 1.54) is 22.5 Å². The second kappa shape index (κ2) is 2.70. The third kappa shape index (κ3) is 1.31. The Labute approximate surface area is 67.8 Å². The summed E-state index contributed by atoms with van der Waals surface area (Å²) in [5.74, 6) is 0. The molecule has 0 aliphatic heterocycles. The lowest BCUT2D eigenvalue weighted by Gasteiger charge is -2.03. The number of nitrogens with two attached hydrogens (primary N) is 1. The van der Waals surface area contributed by atoms with E-state index in [9.17, 15) is 0 Å². The molecule has 0 aliphatic rings. The van der Waals surface area contributed by atoms with Crippen molar-refractivity contribution in [3.8, 4) is 0 Å². The first-order valence-corrected chi connectivity index (χ1v) is 3.95. The first kappa shape index (κ1) is 8.34. The van der Waals surface area contributed by atoms with Crippen LogP contribution in [-0.2, 0) is 0 Å². The first-order chi connectivity index (χ1) is 5.04. The minimum Gasteiger partial charge on any atom is -0.361 e. The van der Waals surface area contributed by atoms with Gasteiger partial charge in [-0.25, -0.2) is 0 Å². The summed E-state index contributed by atoms with van der Waals surface area (Å²) in [5, 5.41) is 0. The first-order valence-electron chi connectivity index (χ1n) is 3.95. The van der Waals surface area contributed by atoms with Crippen LogP contribution in [0.25, 0.3) is 0 Å². The number of hydrogen-bond donors (Lipinski definition) is 2. The molecule has 1 heterocycles. The van der Waals surface area contributed by atoms with E-state index in [0.29, 0.717) is 0 Å². The van der Waals surface area contributed by atoms with Gasteiger partial charge in [0.1, 0.15) is 0 Å². The summed E-state index contributed by atoms with van der Waals surface area (Å²) < 4.78 is 0. The van der Waals surface area contributed by atoms with Crippen LogP contribution in [0.2, 0.25) is 0 Å². The van der Waals surface area contributed by atoms with Gasteiger partial charge in [0.15, 0.2) is 0 Å². The lowest BCUT2D eigenvalue weighted by Crippen LogP contribution is -2.06. The van der Waals surface area contributed by atoms with E-state index in [1.807, 2.05) is 6.92 Å². The molecule has 0 radical (unpaired) electrons. The Kier molecular flexibility index (Phi) is 2.05. The topological polar surface area (TPSA) is 41.8 Å². The molecule has 2 nitrogen and oxygen atoms in total. The minimum atomic E-state index is 0.113. The van der Waals surface area contributed by atoms with Gasteiger partial charge < -0.3 is 10.7 Å². The van der Waals surface area contributed by atoms with E-state index >= 15 is 0 Å². The Morgan fingerprint density at radius 1 is 1.18 bits per heavy atom. The molecular weight excluding hydrogens is 136 g/mol. The van der Waals surface area contributed by atoms with Crippen molar-refractivity contribution in [3.05, 3.63) is 22.5 Å². The quantitative estimate of drug-likeness (QED) is 0.634. The molecule has 0 fully saturated rings. The van der Waals surface area contributed by atoms with Crippen LogP contribution >= 0.6 is 0 Å². The number of aryl methyl sites for hydroxylation is 1. The molecule has 62 valence electrons. The highest BCUT2D eigenvalue weighted by atomic mass is 14.8. The van der Waals surface area contributed by atoms with Crippen LogP contribution in [-0.4, -0.2) is 4.98 Å². The Bertz CT molecular complexity index is 259. The number of aromatic amines is 1. The molecule has 0 spiro atoms. The average molecular weight is 152 g/mol. The number of aromatic nitrogens is 1. The molecule has 0 aliphatic carbocycles. The summed E-state index contributed by atoms with van der Waals surface area (Å²) in [4.78, 5) is 3.29. The molecule has 1 atom stereocenters. The van der Waals surface area contributed by atoms with Gasteiger partial charge in [-0.3, -0.25) is 0 Å². The molecule has 3 N–H and O–H groups in total. The highest BCUT2D eigenvalue weighted by Crippen LogP contribution is 2.20. The van der Waals surface area contributed by atoms with Gasteiger partial charge in [-0.05, 0) is 38.8 Å². The maximum absolute atomic E-state index is 5.77.